The predicted molar refractivity (Wildman–Crippen MR) is 165 cm³/mol. The van der Waals surface area contributed by atoms with Crippen molar-refractivity contribution >= 4 is 5.97 Å². The van der Waals surface area contributed by atoms with Gasteiger partial charge in [0.1, 0.15) is 5.75 Å². The number of benzene rings is 2. The molecule has 4 aromatic rings. The fraction of sp³-hybridized carbons (Fsp3) is 0.400. The minimum atomic E-state index is -0.414. The van der Waals surface area contributed by atoms with Crippen molar-refractivity contribution in [2.24, 2.45) is 0 Å². The van der Waals surface area contributed by atoms with Crippen molar-refractivity contribution in [1.29, 1.82) is 0 Å². The molecule has 6 heteroatoms. The van der Waals surface area contributed by atoms with E-state index in [-0.39, 0.29) is 0 Å². The molecule has 41 heavy (non-hydrogen) atoms. The number of ether oxygens (including phenoxy) is 1. The first kappa shape index (κ1) is 30.0. The Balaban J connectivity index is 1.25. The summed E-state index contributed by atoms with van der Waals surface area (Å²) in [4.78, 5) is 30.8. The Morgan fingerprint density at radius 3 is 1.49 bits per heavy atom. The molecule has 0 fully saturated rings. The summed E-state index contributed by atoms with van der Waals surface area (Å²) in [5.41, 5.74) is 4.53. The second-order valence-corrected chi connectivity index (χ2v) is 10.6. The Morgan fingerprint density at radius 1 is 0.561 bits per heavy atom. The molecule has 0 atom stereocenters. The van der Waals surface area contributed by atoms with E-state index in [9.17, 15) is 4.79 Å². The molecule has 0 bridgehead atoms. The lowest BCUT2D eigenvalue weighted by atomic mass is 10.1. The second-order valence-electron chi connectivity index (χ2n) is 10.6. The maximum atomic E-state index is 12.7. The van der Waals surface area contributed by atoms with Crippen molar-refractivity contribution in [2.75, 3.05) is 0 Å². The maximum absolute atomic E-state index is 12.7. The van der Waals surface area contributed by atoms with Crippen LogP contribution >= 0.6 is 0 Å². The normalized spacial score (nSPS) is 11.0. The van der Waals surface area contributed by atoms with Gasteiger partial charge >= 0.3 is 5.97 Å². The van der Waals surface area contributed by atoms with Crippen LogP contribution in [0.1, 0.15) is 99.5 Å². The molecule has 0 radical (unpaired) electrons. The number of nitrogens with zero attached hydrogens (tertiary/aromatic N) is 4. The van der Waals surface area contributed by atoms with Gasteiger partial charge in [0.05, 0.1) is 5.56 Å². The molecule has 0 aliphatic heterocycles. The minimum absolute atomic E-state index is 0.414. The van der Waals surface area contributed by atoms with Crippen LogP contribution in [0.2, 0.25) is 0 Å². The fourth-order valence-corrected chi connectivity index (χ4v) is 4.72. The topological polar surface area (TPSA) is 77.9 Å². The van der Waals surface area contributed by atoms with Crippen molar-refractivity contribution in [3.63, 3.8) is 0 Å². The molecule has 2 heterocycles. The van der Waals surface area contributed by atoms with Gasteiger partial charge in [-0.2, -0.15) is 0 Å². The Bertz CT molecular complexity index is 1320. The number of hydrogen-bond donors (Lipinski definition) is 0. The zero-order valence-electron chi connectivity index (χ0n) is 24.5. The Hall–Kier alpha value is -3.93. The summed E-state index contributed by atoms with van der Waals surface area (Å²) in [6.07, 6.45) is 22.3. The third-order valence-corrected chi connectivity index (χ3v) is 7.25. The van der Waals surface area contributed by atoms with Gasteiger partial charge in [-0.05, 0) is 73.2 Å². The number of carbonyl (C=O) groups excluding carboxylic acids is 1. The van der Waals surface area contributed by atoms with Gasteiger partial charge in [-0.1, -0.05) is 77.3 Å². The summed E-state index contributed by atoms with van der Waals surface area (Å²) in [6, 6.07) is 14.5. The number of aryl methyl sites for hydroxylation is 2. The minimum Gasteiger partial charge on any atom is -0.423 e. The highest BCUT2D eigenvalue weighted by atomic mass is 16.5. The number of carbonyl (C=O) groups is 1. The molecule has 0 N–H and O–H groups in total. The smallest absolute Gasteiger partial charge is 0.343 e. The lowest BCUT2D eigenvalue weighted by Gasteiger charge is -2.07. The summed E-state index contributed by atoms with van der Waals surface area (Å²) >= 11 is 0. The van der Waals surface area contributed by atoms with Gasteiger partial charge in [-0.15, -0.1) is 0 Å². The largest absolute Gasteiger partial charge is 0.423 e. The summed E-state index contributed by atoms with van der Waals surface area (Å²) in [7, 11) is 0. The summed E-state index contributed by atoms with van der Waals surface area (Å²) < 4.78 is 5.59. The van der Waals surface area contributed by atoms with Crippen molar-refractivity contribution in [3.05, 3.63) is 90.0 Å². The molecule has 0 amide bonds. The Kier molecular flexibility index (Phi) is 12.0. The summed E-state index contributed by atoms with van der Waals surface area (Å²) in [5.74, 6) is 1.37. The molecular weight excluding hydrogens is 508 g/mol. The van der Waals surface area contributed by atoms with Crippen LogP contribution in [0.4, 0.5) is 0 Å². The van der Waals surface area contributed by atoms with E-state index in [0.29, 0.717) is 23.0 Å². The zero-order valence-corrected chi connectivity index (χ0v) is 24.5. The number of rotatable bonds is 16. The van der Waals surface area contributed by atoms with Gasteiger partial charge in [-0.3, -0.25) is 0 Å². The molecular formula is C35H42N4O2. The van der Waals surface area contributed by atoms with E-state index in [1.807, 2.05) is 49.1 Å². The quantitative estimate of drug-likeness (QED) is 0.0788. The van der Waals surface area contributed by atoms with Crippen molar-refractivity contribution in [1.82, 2.24) is 19.9 Å². The third-order valence-electron chi connectivity index (χ3n) is 7.25. The molecule has 0 spiro atoms. The Labute approximate surface area is 244 Å². The number of hydrogen-bond acceptors (Lipinski definition) is 6. The summed E-state index contributed by atoms with van der Waals surface area (Å²) in [5, 5.41) is 0. The highest BCUT2D eigenvalue weighted by Gasteiger charge is 2.11. The van der Waals surface area contributed by atoms with Crippen LogP contribution in [0.25, 0.3) is 22.8 Å². The highest BCUT2D eigenvalue weighted by molar-refractivity contribution is 5.91. The monoisotopic (exact) mass is 550 g/mol. The molecule has 0 unspecified atom stereocenters. The van der Waals surface area contributed by atoms with Crippen LogP contribution in [-0.2, 0) is 12.8 Å². The predicted octanol–water partition coefficient (Wildman–Crippen LogP) is 8.85. The number of unbranched alkanes of at least 4 members (excludes halogenated alkanes) is 8. The molecule has 214 valence electrons. The molecule has 0 saturated carbocycles. The zero-order chi connectivity index (χ0) is 28.7. The van der Waals surface area contributed by atoms with E-state index < -0.39 is 5.97 Å². The van der Waals surface area contributed by atoms with Crippen molar-refractivity contribution in [2.45, 2.75) is 90.9 Å². The first-order valence-corrected chi connectivity index (χ1v) is 15.2. The lowest BCUT2D eigenvalue weighted by molar-refractivity contribution is 0.0735. The molecule has 2 aromatic carbocycles. The van der Waals surface area contributed by atoms with Gasteiger partial charge < -0.3 is 4.74 Å². The molecule has 0 aliphatic carbocycles. The van der Waals surface area contributed by atoms with Crippen LogP contribution in [0.5, 0.6) is 5.75 Å². The molecule has 2 aromatic heterocycles. The van der Waals surface area contributed by atoms with E-state index in [1.165, 1.54) is 63.4 Å². The molecule has 0 aliphatic rings. The van der Waals surface area contributed by atoms with E-state index in [1.54, 1.807) is 24.3 Å². The standard InChI is InChI=1S/C35H42N4O2/c1-3-5-7-8-9-10-12-14-28-25-36-33(37-26-28)29-15-17-31(18-16-29)35(40)41-32-21-19-30(20-22-32)34-38-23-27(24-39-34)13-11-6-4-2/h15-26H,3-14H2,1-2H3. The molecule has 4 rings (SSSR count). The highest BCUT2D eigenvalue weighted by Crippen LogP contribution is 2.22. The van der Waals surface area contributed by atoms with Crippen LogP contribution in [0.15, 0.2) is 73.3 Å². The molecule has 6 nitrogen and oxygen atoms in total. The van der Waals surface area contributed by atoms with Gasteiger partial charge in [-0.25, -0.2) is 24.7 Å². The van der Waals surface area contributed by atoms with Gasteiger partial charge in [0.15, 0.2) is 11.6 Å². The third kappa shape index (κ3) is 9.59. The number of aromatic nitrogens is 4. The first-order valence-electron chi connectivity index (χ1n) is 15.2. The van der Waals surface area contributed by atoms with E-state index in [0.717, 1.165) is 36.0 Å². The average Bonchev–Trinajstić information content (AvgIpc) is 3.02. The molecule has 0 saturated heterocycles. The van der Waals surface area contributed by atoms with Crippen molar-refractivity contribution in [3.8, 4) is 28.5 Å². The van der Waals surface area contributed by atoms with Crippen LogP contribution in [0.3, 0.4) is 0 Å². The average molecular weight is 551 g/mol. The van der Waals surface area contributed by atoms with E-state index in [4.69, 9.17) is 4.74 Å². The summed E-state index contributed by atoms with van der Waals surface area (Å²) in [6.45, 7) is 4.45. The number of esters is 1. The lowest BCUT2D eigenvalue weighted by Crippen LogP contribution is -2.08. The van der Waals surface area contributed by atoms with Crippen molar-refractivity contribution < 1.29 is 9.53 Å². The Morgan fingerprint density at radius 2 is 0.976 bits per heavy atom. The fourth-order valence-electron chi connectivity index (χ4n) is 4.72. The van der Waals surface area contributed by atoms with Crippen LogP contribution in [0, 0.1) is 0 Å². The first-order chi connectivity index (χ1) is 20.2. The van der Waals surface area contributed by atoms with Gasteiger partial charge in [0.2, 0.25) is 0 Å². The maximum Gasteiger partial charge on any atom is 0.343 e. The van der Waals surface area contributed by atoms with E-state index >= 15 is 0 Å². The van der Waals surface area contributed by atoms with Gasteiger partial charge in [0.25, 0.3) is 0 Å². The van der Waals surface area contributed by atoms with Gasteiger partial charge in [0, 0.05) is 35.9 Å². The van der Waals surface area contributed by atoms with Crippen LogP contribution < -0.4 is 4.74 Å². The SMILES string of the molecule is CCCCCCCCCc1cnc(-c2ccc(C(=O)Oc3ccc(-c4ncc(CCCCC)cn4)cc3)cc2)nc1. The second kappa shape index (κ2) is 16.4. The van der Waals surface area contributed by atoms with E-state index in [2.05, 4.69) is 33.8 Å². The van der Waals surface area contributed by atoms with Crippen LogP contribution in [-0.4, -0.2) is 25.9 Å².